The lowest BCUT2D eigenvalue weighted by molar-refractivity contribution is 0.0602. The Hall–Kier alpha value is -4.77. The minimum atomic E-state index is -0.385. The molecule has 0 saturated carbocycles. The van der Waals surface area contributed by atoms with Crippen LogP contribution in [0.15, 0.2) is 115 Å². The minimum absolute atomic E-state index is 0.385. The van der Waals surface area contributed by atoms with Crippen LogP contribution >= 0.6 is 0 Å². The van der Waals surface area contributed by atoms with Gasteiger partial charge in [-0.05, 0) is 77.0 Å². The van der Waals surface area contributed by atoms with Gasteiger partial charge in [0.2, 0.25) is 0 Å². The molecule has 0 amide bonds. The first-order valence-corrected chi connectivity index (χ1v) is 11.6. The molecule has 0 saturated heterocycles. The Kier molecular flexibility index (Phi) is 6.81. The van der Waals surface area contributed by atoms with Crippen molar-refractivity contribution in [1.82, 2.24) is 0 Å². The Balaban J connectivity index is 1.24. The van der Waals surface area contributed by atoms with Gasteiger partial charge < -0.3 is 19.5 Å². The number of rotatable bonds is 8. The molecule has 5 rings (SSSR count). The van der Waals surface area contributed by atoms with E-state index in [1.807, 2.05) is 91.0 Å². The number of hydrogen-bond donors (Lipinski definition) is 1. The average molecular weight is 476 g/mol. The van der Waals surface area contributed by atoms with Crippen molar-refractivity contribution < 1.29 is 19.0 Å². The summed E-state index contributed by atoms with van der Waals surface area (Å²) >= 11 is 0. The molecule has 5 nitrogen and oxygen atoms in total. The van der Waals surface area contributed by atoms with E-state index in [1.54, 1.807) is 12.1 Å². The fourth-order valence-corrected chi connectivity index (χ4v) is 3.87. The van der Waals surface area contributed by atoms with Crippen LogP contribution in [-0.4, -0.2) is 13.1 Å². The monoisotopic (exact) mass is 475 g/mol. The molecule has 0 fully saturated rings. The van der Waals surface area contributed by atoms with Crippen molar-refractivity contribution in [2.24, 2.45) is 0 Å². The summed E-state index contributed by atoms with van der Waals surface area (Å²) in [6.45, 7) is 0.534. The van der Waals surface area contributed by atoms with Crippen LogP contribution in [-0.2, 0) is 11.3 Å². The maximum Gasteiger partial charge on any atom is 0.339 e. The summed E-state index contributed by atoms with van der Waals surface area (Å²) in [5, 5.41) is 5.41. The molecule has 5 aromatic rings. The molecule has 0 radical (unpaired) electrons. The maximum atomic E-state index is 12.0. The van der Waals surface area contributed by atoms with E-state index in [0.29, 0.717) is 23.6 Å². The predicted octanol–water partition coefficient (Wildman–Crippen LogP) is 7.74. The van der Waals surface area contributed by atoms with E-state index in [0.717, 1.165) is 33.5 Å². The van der Waals surface area contributed by atoms with Gasteiger partial charge in [-0.25, -0.2) is 4.79 Å². The fourth-order valence-electron chi connectivity index (χ4n) is 3.87. The third kappa shape index (κ3) is 5.47. The number of esters is 1. The first-order chi connectivity index (χ1) is 17.7. The van der Waals surface area contributed by atoms with E-state index in [9.17, 15) is 4.79 Å². The highest BCUT2D eigenvalue weighted by atomic mass is 16.5. The molecule has 0 spiro atoms. The number of carbonyl (C=O) groups excluding carboxylic acids is 1. The normalized spacial score (nSPS) is 10.6. The Morgan fingerprint density at radius 2 is 1.33 bits per heavy atom. The number of anilines is 2. The van der Waals surface area contributed by atoms with Gasteiger partial charge in [0.1, 0.15) is 23.9 Å². The molecule has 178 valence electrons. The van der Waals surface area contributed by atoms with Crippen molar-refractivity contribution >= 4 is 28.1 Å². The van der Waals surface area contributed by atoms with Gasteiger partial charge in [0.05, 0.1) is 18.4 Å². The van der Waals surface area contributed by atoms with E-state index in [-0.39, 0.29) is 5.97 Å². The highest BCUT2D eigenvalue weighted by molar-refractivity contribution is 5.96. The lowest BCUT2D eigenvalue weighted by Crippen LogP contribution is -2.05. The van der Waals surface area contributed by atoms with Crippen molar-refractivity contribution in [3.05, 3.63) is 126 Å². The molecule has 0 atom stereocenters. The SMILES string of the molecule is COC(=O)c1ccccc1Nc1ccc(Oc2ccc3cc(OCc4ccccc4)ccc3c2)cc1. The molecule has 0 heterocycles. The first kappa shape index (κ1) is 23.0. The highest BCUT2D eigenvalue weighted by Crippen LogP contribution is 2.30. The molecule has 0 aliphatic rings. The zero-order valence-electron chi connectivity index (χ0n) is 19.8. The first-order valence-electron chi connectivity index (χ1n) is 11.6. The van der Waals surface area contributed by atoms with Crippen LogP contribution in [0.5, 0.6) is 17.2 Å². The third-order valence-electron chi connectivity index (χ3n) is 5.73. The summed E-state index contributed by atoms with van der Waals surface area (Å²) in [4.78, 5) is 12.0. The molecule has 0 aromatic heterocycles. The van der Waals surface area contributed by atoms with E-state index in [1.165, 1.54) is 7.11 Å². The quantitative estimate of drug-likeness (QED) is 0.233. The minimum Gasteiger partial charge on any atom is -0.489 e. The molecule has 5 heteroatoms. The summed E-state index contributed by atoms with van der Waals surface area (Å²) in [5.41, 5.74) is 3.13. The molecule has 0 bridgehead atoms. The summed E-state index contributed by atoms with van der Waals surface area (Å²) < 4.78 is 16.9. The zero-order chi connectivity index (χ0) is 24.7. The largest absolute Gasteiger partial charge is 0.489 e. The Labute approximate surface area is 209 Å². The third-order valence-corrected chi connectivity index (χ3v) is 5.73. The second kappa shape index (κ2) is 10.7. The smallest absolute Gasteiger partial charge is 0.339 e. The Bertz CT molecular complexity index is 1480. The van der Waals surface area contributed by atoms with E-state index >= 15 is 0 Å². The van der Waals surface area contributed by atoms with Gasteiger partial charge in [-0.15, -0.1) is 0 Å². The average Bonchev–Trinajstić information content (AvgIpc) is 2.93. The van der Waals surface area contributed by atoms with Gasteiger partial charge in [-0.3, -0.25) is 0 Å². The molecular weight excluding hydrogens is 450 g/mol. The predicted molar refractivity (Wildman–Crippen MR) is 142 cm³/mol. The van der Waals surface area contributed by atoms with Crippen molar-refractivity contribution in [3.63, 3.8) is 0 Å². The molecule has 36 heavy (non-hydrogen) atoms. The second-order valence-electron chi connectivity index (χ2n) is 8.23. The van der Waals surface area contributed by atoms with Gasteiger partial charge >= 0.3 is 5.97 Å². The number of nitrogens with one attached hydrogen (secondary N) is 1. The van der Waals surface area contributed by atoms with Gasteiger partial charge in [-0.2, -0.15) is 0 Å². The van der Waals surface area contributed by atoms with Crippen LogP contribution in [0.4, 0.5) is 11.4 Å². The maximum absolute atomic E-state index is 12.0. The summed E-state index contributed by atoms with van der Waals surface area (Å²) in [7, 11) is 1.37. The van der Waals surface area contributed by atoms with E-state index in [4.69, 9.17) is 14.2 Å². The summed E-state index contributed by atoms with van der Waals surface area (Å²) in [5.74, 6) is 1.90. The molecule has 0 aliphatic carbocycles. The molecule has 0 aliphatic heterocycles. The van der Waals surface area contributed by atoms with Crippen molar-refractivity contribution in [3.8, 4) is 17.2 Å². The van der Waals surface area contributed by atoms with Crippen molar-refractivity contribution in [2.75, 3.05) is 12.4 Å². The molecular formula is C31H25NO4. The zero-order valence-corrected chi connectivity index (χ0v) is 19.8. The number of fused-ring (bicyclic) bond motifs is 1. The Morgan fingerprint density at radius 1 is 0.694 bits per heavy atom. The topological polar surface area (TPSA) is 56.8 Å². The van der Waals surface area contributed by atoms with Crippen LogP contribution in [0.3, 0.4) is 0 Å². The molecule has 0 unspecified atom stereocenters. The summed E-state index contributed by atoms with van der Waals surface area (Å²) in [6, 6.07) is 36.9. The van der Waals surface area contributed by atoms with Crippen LogP contribution in [0.2, 0.25) is 0 Å². The molecule has 5 aromatic carbocycles. The number of carbonyl (C=O) groups is 1. The lowest BCUT2D eigenvalue weighted by Gasteiger charge is -2.12. The standard InChI is InChI=1S/C31H25NO4/c1-34-31(33)29-9-5-6-10-30(29)32-25-13-17-26(18-14-25)36-28-16-12-23-19-27(15-11-24(23)20-28)35-21-22-7-3-2-4-8-22/h2-20,32H,21H2,1H3. The van der Waals surface area contributed by atoms with Gasteiger partial charge in [0.25, 0.3) is 0 Å². The molecule has 1 N–H and O–H groups in total. The van der Waals surface area contributed by atoms with Crippen molar-refractivity contribution in [1.29, 1.82) is 0 Å². The summed E-state index contributed by atoms with van der Waals surface area (Å²) in [6.07, 6.45) is 0. The van der Waals surface area contributed by atoms with E-state index in [2.05, 4.69) is 17.4 Å². The van der Waals surface area contributed by atoms with Crippen LogP contribution < -0.4 is 14.8 Å². The fraction of sp³-hybridized carbons (Fsp3) is 0.0645. The van der Waals surface area contributed by atoms with Gasteiger partial charge in [-0.1, -0.05) is 54.6 Å². The van der Waals surface area contributed by atoms with Crippen LogP contribution in [0.25, 0.3) is 10.8 Å². The van der Waals surface area contributed by atoms with Crippen LogP contribution in [0.1, 0.15) is 15.9 Å². The number of methoxy groups -OCH3 is 1. The van der Waals surface area contributed by atoms with E-state index < -0.39 is 0 Å². The van der Waals surface area contributed by atoms with Crippen LogP contribution in [0, 0.1) is 0 Å². The van der Waals surface area contributed by atoms with Crippen molar-refractivity contribution in [2.45, 2.75) is 6.61 Å². The number of para-hydroxylation sites is 1. The van der Waals surface area contributed by atoms with Gasteiger partial charge in [0, 0.05) is 5.69 Å². The Morgan fingerprint density at radius 3 is 2.08 bits per heavy atom. The number of benzene rings is 5. The number of hydrogen-bond acceptors (Lipinski definition) is 5. The highest BCUT2D eigenvalue weighted by Gasteiger charge is 2.11. The second-order valence-corrected chi connectivity index (χ2v) is 8.23. The lowest BCUT2D eigenvalue weighted by atomic mass is 10.1. The van der Waals surface area contributed by atoms with Gasteiger partial charge in [0.15, 0.2) is 0 Å². The number of ether oxygens (including phenoxy) is 3.